The lowest BCUT2D eigenvalue weighted by atomic mass is 10.1. The van der Waals surface area contributed by atoms with Gasteiger partial charge in [0.15, 0.2) is 4.87 Å². The first-order valence-electron chi connectivity index (χ1n) is 10.5. The first kappa shape index (κ1) is 21.5. The molecule has 3 aromatic rings. The average molecular weight is 466 g/mol. The lowest BCUT2D eigenvalue weighted by Crippen LogP contribution is -2.51. The van der Waals surface area contributed by atoms with Gasteiger partial charge in [-0.1, -0.05) is 24.3 Å². The van der Waals surface area contributed by atoms with Gasteiger partial charge in [0.1, 0.15) is 11.6 Å². The summed E-state index contributed by atoms with van der Waals surface area (Å²) in [6.45, 7) is 2.46. The van der Waals surface area contributed by atoms with Crippen LogP contribution in [0.3, 0.4) is 0 Å². The maximum absolute atomic E-state index is 14.3. The maximum atomic E-state index is 14.3. The van der Waals surface area contributed by atoms with Crippen LogP contribution in [0, 0.1) is 18.6 Å². The van der Waals surface area contributed by atoms with Crippen molar-refractivity contribution in [1.29, 1.82) is 0 Å². The summed E-state index contributed by atoms with van der Waals surface area (Å²) >= 11 is 1.33. The fourth-order valence-corrected chi connectivity index (χ4v) is 5.88. The minimum atomic E-state index is -1.36. The van der Waals surface area contributed by atoms with Gasteiger partial charge in [-0.3, -0.25) is 9.69 Å². The predicted molar refractivity (Wildman–Crippen MR) is 125 cm³/mol. The molecule has 2 aliphatic rings. The van der Waals surface area contributed by atoms with Crippen molar-refractivity contribution in [2.45, 2.75) is 18.3 Å². The number of nitrogens with one attached hydrogen (secondary N) is 1. The molecule has 3 amide bonds. The second-order valence-corrected chi connectivity index (χ2v) is 9.41. The minimum absolute atomic E-state index is 0.188. The number of thioether (sulfide) groups is 1. The molecule has 8 heteroatoms. The number of rotatable bonds is 3. The number of benzene rings is 3. The first-order chi connectivity index (χ1) is 15.9. The van der Waals surface area contributed by atoms with Crippen LogP contribution in [0.4, 0.5) is 25.0 Å². The molecule has 2 aliphatic heterocycles. The monoisotopic (exact) mass is 465 g/mol. The summed E-state index contributed by atoms with van der Waals surface area (Å²) in [4.78, 5) is 28.9. The molecule has 1 fully saturated rings. The third kappa shape index (κ3) is 3.64. The van der Waals surface area contributed by atoms with Crippen molar-refractivity contribution in [3.8, 4) is 0 Å². The predicted octanol–water partition coefficient (Wildman–Crippen LogP) is 5.25. The summed E-state index contributed by atoms with van der Waals surface area (Å²) in [6.07, 6.45) is 0. The Hall–Kier alpha value is -3.39. The van der Waals surface area contributed by atoms with Crippen LogP contribution in [-0.2, 0) is 16.2 Å². The van der Waals surface area contributed by atoms with E-state index < -0.39 is 16.7 Å². The van der Waals surface area contributed by atoms with E-state index >= 15 is 0 Å². The van der Waals surface area contributed by atoms with Crippen molar-refractivity contribution in [3.63, 3.8) is 0 Å². The zero-order valence-electron chi connectivity index (χ0n) is 17.8. The van der Waals surface area contributed by atoms with Crippen LogP contribution < -0.4 is 10.2 Å². The maximum Gasteiger partial charge on any atom is 0.323 e. The molecule has 1 spiro atoms. The Morgan fingerprint density at radius 2 is 1.82 bits per heavy atom. The average Bonchev–Trinajstić information content (AvgIpc) is 3.32. The minimum Gasteiger partial charge on any atom is -0.308 e. The number of fused-ring (bicyclic) bond motifs is 2. The van der Waals surface area contributed by atoms with Crippen LogP contribution >= 0.6 is 11.8 Å². The molecular weight excluding hydrogens is 444 g/mol. The van der Waals surface area contributed by atoms with E-state index in [1.165, 1.54) is 40.9 Å². The summed E-state index contributed by atoms with van der Waals surface area (Å²) in [5.74, 6) is -0.617. The van der Waals surface area contributed by atoms with Crippen LogP contribution in [0.25, 0.3) is 0 Å². The highest BCUT2D eigenvalue weighted by Gasteiger charge is 2.59. The number of carbonyl (C=O) groups excluding carboxylic acids is 2. The molecule has 0 radical (unpaired) electrons. The van der Waals surface area contributed by atoms with Gasteiger partial charge in [-0.25, -0.2) is 13.6 Å². The SMILES string of the molecule is Cc1cccc(NC(=O)N2CCS[C@]23C(=O)N(Cc2ccc(F)cc2)c2ccc(F)cc23)c1. The molecule has 1 atom stereocenters. The Morgan fingerprint density at radius 3 is 2.58 bits per heavy atom. The van der Waals surface area contributed by atoms with Crippen molar-refractivity contribution in [2.24, 2.45) is 0 Å². The second kappa shape index (κ2) is 8.19. The van der Waals surface area contributed by atoms with Gasteiger partial charge in [0.05, 0.1) is 12.2 Å². The van der Waals surface area contributed by atoms with Gasteiger partial charge >= 0.3 is 6.03 Å². The Morgan fingerprint density at radius 1 is 1.06 bits per heavy atom. The summed E-state index contributed by atoms with van der Waals surface area (Å²) in [6, 6.07) is 17.1. The van der Waals surface area contributed by atoms with Gasteiger partial charge < -0.3 is 10.2 Å². The number of hydrogen-bond donors (Lipinski definition) is 1. The zero-order chi connectivity index (χ0) is 23.2. The number of aryl methyl sites for hydroxylation is 1. The first-order valence-corrected chi connectivity index (χ1v) is 11.5. The fraction of sp³-hybridized carbons (Fsp3) is 0.200. The van der Waals surface area contributed by atoms with E-state index in [4.69, 9.17) is 0 Å². The molecule has 0 unspecified atom stereocenters. The van der Waals surface area contributed by atoms with Gasteiger partial charge in [0.2, 0.25) is 0 Å². The number of nitrogens with zero attached hydrogens (tertiary/aromatic N) is 2. The van der Waals surface area contributed by atoms with E-state index in [-0.39, 0.29) is 18.3 Å². The summed E-state index contributed by atoms with van der Waals surface area (Å²) in [5, 5.41) is 2.88. The molecule has 168 valence electrons. The fourth-order valence-electron chi connectivity index (χ4n) is 4.43. The second-order valence-electron chi connectivity index (χ2n) is 8.12. The molecule has 3 aromatic carbocycles. The van der Waals surface area contributed by atoms with Crippen molar-refractivity contribution in [3.05, 3.63) is 95.1 Å². The largest absolute Gasteiger partial charge is 0.323 e. The number of halogens is 2. The number of urea groups is 1. The van der Waals surface area contributed by atoms with E-state index in [1.807, 2.05) is 25.1 Å². The molecule has 1 saturated heterocycles. The van der Waals surface area contributed by atoms with Gasteiger partial charge in [-0.05, 0) is 60.5 Å². The van der Waals surface area contributed by atoms with E-state index in [1.54, 1.807) is 29.2 Å². The smallest absolute Gasteiger partial charge is 0.308 e. The van der Waals surface area contributed by atoms with Gasteiger partial charge in [0.25, 0.3) is 5.91 Å². The lowest BCUT2D eigenvalue weighted by molar-refractivity contribution is -0.123. The molecule has 1 N–H and O–H groups in total. The van der Waals surface area contributed by atoms with Crippen LogP contribution in [0.5, 0.6) is 0 Å². The van der Waals surface area contributed by atoms with Crippen molar-refractivity contribution in [1.82, 2.24) is 4.90 Å². The highest BCUT2D eigenvalue weighted by molar-refractivity contribution is 8.01. The highest BCUT2D eigenvalue weighted by Crippen LogP contribution is 2.54. The molecule has 5 rings (SSSR count). The summed E-state index contributed by atoms with van der Waals surface area (Å²) < 4.78 is 27.7. The molecule has 33 heavy (non-hydrogen) atoms. The van der Waals surface area contributed by atoms with Crippen LogP contribution in [0.2, 0.25) is 0 Å². The van der Waals surface area contributed by atoms with E-state index in [0.717, 1.165) is 11.1 Å². The summed E-state index contributed by atoms with van der Waals surface area (Å²) in [5.41, 5.74) is 3.36. The molecular formula is C25H21F2N3O2S. The normalized spacial score (nSPS) is 19.3. The molecule has 0 aromatic heterocycles. The number of hydrogen-bond acceptors (Lipinski definition) is 3. The third-order valence-electron chi connectivity index (χ3n) is 5.92. The van der Waals surface area contributed by atoms with Crippen LogP contribution in [-0.4, -0.2) is 29.1 Å². The van der Waals surface area contributed by atoms with E-state index in [2.05, 4.69) is 5.32 Å². The lowest BCUT2D eigenvalue weighted by Gasteiger charge is -2.33. The molecule has 0 saturated carbocycles. The molecule has 5 nitrogen and oxygen atoms in total. The van der Waals surface area contributed by atoms with E-state index in [9.17, 15) is 18.4 Å². The van der Waals surface area contributed by atoms with Crippen LogP contribution in [0.1, 0.15) is 16.7 Å². The standard InChI is InChI=1S/C25H21F2N3O2S/c1-16-3-2-4-20(13-16)28-24(32)30-11-12-33-25(30)21-14-19(27)9-10-22(21)29(23(25)31)15-17-5-7-18(26)8-6-17/h2-10,13-14H,11-12,15H2,1H3,(H,28,32)/t25-/m1/s1. The highest BCUT2D eigenvalue weighted by atomic mass is 32.2. The molecule has 2 heterocycles. The van der Waals surface area contributed by atoms with Gasteiger partial charge in [-0.15, -0.1) is 11.8 Å². The Labute approximate surface area is 194 Å². The van der Waals surface area contributed by atoms with Crippen molar-refractivity contribution >= 4 is 35.1 Å². The van der Waals surface area contributed by atoms with Crippen molar-refractivity contribution in [2.75, 3.05) is 22.5 Å². The molecule has 0 aliphatic carbocycles. The zero-order valence-corrected chi connectivity index (χ0v) is 18.7. The number of anilines is 2. The van der Waals surface area contributed by atoms with Gasteiger partial charge in [-0.2, -0.15) is 0 Å². The van der Waals surface area contributed by atoms with Crippen molar-refractivity contribution < 1.29 is 18.4 Å². The van der Waals surface area contributed by atoms with E-state index in [0.29, 0.717) is 29.2 Å². The quantitative estimate of drug-likeness (QED) is 0.575. The van der Waals surface area contributed by atoms with Gasteiger partial charge in [0, 0.05) is 23.5 Å². The Kier molecular flexibility index (Phi) is 5.32. The number of amides is 3. The molecule has 0 bridgehead atoms. The third-order valence-corrected chi connectivity index (χ3v) is 7.34. The topological polar surface area (TPSA) is 52.7 Å². The number of carbonyl (C=O) groups is 2. The Bertz CT molecular complexity index is 1250. The summed E-state index contributed by atoms with van der Waals surface area (Å²) in [7, 11) is 0. The van der Waals surface area contributed by atoms with Crippen LogP contribution in [0.15, 0.2) is 66.7 Å². The Balaban J connectivity index is 1.53.